The van der Waals surface area contributed by atoms with Gasteiger partial charge >= 0.3 is 0 Å². The highest BCUT2D eigenvalue weighted by atomic mass is 14.4. The minimum absolute atomic E-state index is 0.347. The van der Waals surface area contributed by atoms with Gasteiger partial charge in [-0.05, 0) is 36.0 Å². The van der Waals surface area contributed by atoms with Crippen LogP contribution >= 0.6 is 0 Å². The van der Waals surface area contributed by atoms with Crippen molar-refractivity contribution < 1.29 is 0 Å². The molecule has 0 nitrogen and oxygen atoms in total. The third-order valence-electron chi connectivity index (χ3n) is 4.53. The van der Waals surface area contributed by atoms with E-state index in [4.69, 9.17) is 0 Å². The third-order valence-corrected chi connectivity index (χ3v) is 4.53. The molecule has 15 heavy (non-hydrogen) atoms. The summed E-state index contributed by atoms with van der Waals surface area (Å²) >= 11 is 0. The Bertz CT molecular complexity index is 218. The van der Waals surface area contributed by atoms with E-state index in [1.807, 2.05) is 0 Å². The number of hydrogen-bond acceptors (Lipinski definition) is 0. The average molecular weight is 210 g/mol. The molecule has 0 N–H and O–H groups in total. The van der Waals surface area contributed by atoms with Crippen molar-refractivity contribution >= 4 is 0 Å². The molecule has 0 fully saturated rings. The number of hydrogen-bond donors (Lipinski definition) is 0. The van der Waals surface area contributed by atoms with E-state index in [1.165, 1.54) is 5.57 Å². The first-order valence-corrected chi connectivity index (χ1v) is 6.16. The molecular weight excluding hydrogens is 180 g/mol. The molecule has 1 atom stereocenters. The second kappa shape index (κ2) is 4.72. The van der Waals surface area contributed by atoms with Gasteiger partial charge in [0.2, 0.25) is 0 Å². The van der Waals surface area contributed by atoms with Crippen molar-refractivity contribution in [3.8, 4) is 0 Å². The Morgan fingerprint density at radius 3 is 1.73 bits per heavy atom. The highest BCUT2D eigenvalue weighted by molar-refractivity contribution is 4.98. The van der Waals surface area contributed by atoms with Gasteiger partial charge in [0.25, 0.3) is 0 Å². The maximum atomic E-state index is 4.05. The smallest absolute Gasteiger partial charge is 0.0271 e. The van der Waals surface area contributed by atoms with Crippen LogP contribution in [-0.4, -0.2) is 0 Å². The molecule has 0 radical (unpaired) electrons. The van der Waals surface area contributed by atoms with Gasteiger partial charge in [0.15, 0.2) is 0 Å². The zero-order valence-electron chi connectivity index (χ0n) is 12.1. The summed E-state index contributed by atoms with van der Waals surface area (Å²) in [7, 11) is 0. The van der Waals surface area contributed by atoms with E-state index >= 15 is 0 Å². The second-order valence-corrected chi connectivity index (χ2v) is 6.82. The van der Waals surface area contributed by atoms with Crippen LogP contribution in [0.25, 0.3) is 0 Å². The highest BCUT2D eigenvalue weighted by Gasteiger charge is 2.38. The zero-order chi connectivity index (χ0) is 12.4. The van der Waals surface area contributed by atoms with Gasteiger partial charge in [-0.15, -0.1) is 6.58 Å². The molecule has 1 unspecified atom stereocenters. The SMILES string of the molecule is C=C(C)CC(C)(C)C(C)C(C)(C)C(C)C. The van der Waals surface area contributed by atoms with E-state index in [0.29, 0.717) is 16.7 Å². The van der Waals surface area contributed by atoms with Crippen LogP contribution in [0.2, 0.25) is 0 Å². The molecule has 0 saturated carbocycles. The molecule has 0 aromatic heterocycles. The summed E-state index contributed by atoms with van der Waals surface area (Å²) < 4.78 is 0. The summed E-state index contributed by atoms with van der Waals surface area (Å²) in [6.07, 6.45) is 1.13. The molecule has 0 aliphatic rings. The Hall–Kier alpha value is -0.260. The molecule has 90 valence electrons. The summed E-state index contributed by atoms with van der Waals surface area (Å²) in [6.45, 7) is 22.8. The molecule has 0 spiro atoms. The van der Waals surface area contributed by atoms with Crippen LogP contribution < -0.4 is 0 Å². The van der Waals surface area contributed by atoms with Gasteiger partial charge in [-0.1, -0.05) is 54.0 Å². The predicted molar refractivity (Wildman–Crippen MR) is 71.0 cm³/mol. The number of rotatable bonds is 5. The van der Waals surface area contributed by atoms with E-state index in [-0.39, 0.29) is 0 Å². The lowest BCUT2D eigenvalue weighted by Gasteiger charge is -2.45. The minimum atomic E-state index is 0.347. The summed E-state index contributed by atoms with van der Waals surface area (Å²) in [4.78, 5) is 0. The van der Waals surface area contributed by atoms with E-state index < -0.39 is 0 Å². The molecule has 0 bridgehead atoms. The maximum Gasteiger partial charge on any atom is -0.0271 e. The van der Waals surface area contributed by atoms with Crippen LogP contribution in [0, 0.1) is 22.7 Å². The predicted octanol–water partition coefficient (Wildman–Crippen LogP) is 5.30. The van der Waals surface area contributed by atoms with E-state index in [9.17, 15) is 0 Å². The van der Waals surface area contributed by atoms with Gasteiger partial charge in [-0.3, -0.25) is 0 Å². The average Bonchev–Trinajstić information content (AvgIpc) is 2.00. The normalized spacial score (nSPS) is 15.5. The molecular formula is C15H30. The molecule has 0 rings (SSSR count). The fraction of sp³-hybridized carbons (Fsp3) is 0.867. The standard InChI is InChI=1S/C15H30/c1-11(2)10-14(6,7)13(5)15(8,9)12(3)4/h12-13H,1,10H2,2-9H3. The van der Waals surface area contributed by atoms with Gasteiger partial charge in [0.05, 0.1) is 0 Å². The first kappa shape index (κ1) is 14.7. The van der Waals surface area contributed by atoms with E-state index in [0.717, 1.165) is 12.3 Å². The second-order valence-electron chi connectivity index (χ2n) is 6.82. The van der Waals surface area contributed by atoms with Crippen molar-refractivity contribution in [2.24, 2.45) is 22.7 Å². The Balaban J connectivity index is 4.82. The quantitative estimate of drug-likeness (QED) is 0.540. The minimum Gasteiger partial charge on any atom is -0.100 e. The lowest BCUT2D eigenvalue weighted by Crippen LogP contribution is -2.37. The Morgan fingerprint density at radius 2 is 1.47 bits per heavy atom. The third kappa shape index (κ3) is 3.66. The van der Waals surface area contributed by atoms with Crippen molar-refractivity contribution in [1.29, 1.82) is 0 Å². The lowest BCUT2D eigenvalue weighted by molar-refractivity contribution is 0.0484. The summed E-state index contributed by atoms with van der Waals surface area (Å²) in [5.41, 5.74) is 2.03. The summed E-state index contributed by atoms with van der Waals surface area (Å²) in [5, 5.41) is 0. The van der Waals surface area contributed by atoms with Crippen LogP contribution in [0.1, 0.15) is 61.8 Å². The molecule has 0 aromatic rings. The van der Waals surface area contributed by atoms with Gasteiger partial charge < -0.3 is 0 Å². The van der Waals surface area contributed by atoms with Crippen molar-refractivity contribution in [3.63, 3.8) is 0 Å². The topological polar surface area (TPSA) is 0 Å². The fourth-order valence-corrected chi connectivity index (χ4v) is 2.44. The van der Waals surface area contributed by atoms with Crippen molar-refractivity contribution in [3.05, 3.63) is 12.2 Å². The maximum absolute atomic E-state index is 4.05. The van der Waals surface area contributed by atoms with Gasteiger partial charge in [-0.2, -0.15) is 0 Å². The Morgan fingerprint density at radius 1 is 1.07 bits per heavy atom. The first-order valence-electron chi connectivity index (χ1n) is 6.16. The highest BCUT2D eigenvalue weighted by Crippen LogP contribution is 2.47. The molecule has 0 aromatic carbocycles. The van der Waals surface area contributed by atoms with Crippen LogP contribution in [0.4, 0.5) is 0 Å². The summed E-state index contributed by atoms with van der Waals surface area (Å²) in [5.74, 6) is 1.42. The van der Waals surface area contributed by atoms with Crippen molar-refractivity contribution in [1.82, 2.24) is 0 Å². The van der Waals surface area contributed by atoms with Crippen molar-refractivity contribution in [2.75, 3.05) is 0 Å². The molecule has 0 heterocycles. The Kier molecular flexibility index (Phi) is 4.64. The first-order chi connectivity index (χ1) is 6.51. The largest absolute Gasteiger partial charge is 0.100 e. The molecule has 0 amide bonds. The zero-order valence-corrected chi connectivity index (χ0v) is 12.1. The van der Waals surface area contributed by atoms with Gasteiger partial charge in [0, 0.05) is 0 Å². The van der Waals surface area contributed by atoms with E-state index in [2.05, 4.69) is 62.0 Å². The van der Waals surface area contributed by atoms with Crippen LogP contribution in [0.5, 0.6) is 0 Å². The van der Waals surface area contributed by atoms with Crippen molar-refractivity contribution in [2.45, 2.75) is 61.8 Å². The lowest BCUT2D eigenvalue weighted by atomic mass is 9.60. The Labute approximate surface area is 97.2 Å². The summed E-state index contributed by atoms with van der Waals surface area (Å²) in [6, 6.07) is 0. The van der Waals surface area contributed by atoms with Crippen LogP contribution in [-0.2, 0) is 0 Å². The monoisotopic (exact) mass is 210 g/mol. The van der Waals surface area contributed by atoms with E-state index in [1.54, 1.807) is 0 Å². The number of allylic oxidation sites excluding steroid dienone is 1. The van der Waals surface area contributed by atoms with Crippen LogP contribution in [0.15, 0.2) is 12.2 Å². The molecule has 0 aliphatic carbocycles. The van der Waals surface area contributed by atoms with Crippen LogP contribution in [0.3, 0.4) is 0 Å². The molecule has 0 heteroatoms. The molecule has 0 saturated heterocycles. The van der Waals surface area contributed by atoms with Gasteiger partial charge in [-0.25, -0.2) is 0 Å². The van der Waals surface area contributed by atoms with Gasteiger partial charge in [0.1, 0.15) is 0 Å². The molecule has 0 aliphatic heterocycles. The fourth-order valence-electron chi connectivity index (χ4n) is 2.44.